The van der Waals surface area contributed by atoms with Crippen LogP contribution in [0.1, 0.15) is 22.3 Å². The van der Waals surface area contributed by atoms with Crippen molar-refractivity contribution in [3.05, 3.63) is 64.1 Å². The van der Waals surface area contributed by atoms with Crippen molar-refractivity contribution >= 4 is 50.8 Å². The first-order valence-corrected chi connectivity index (χ1v) is 9.23. The molecule has 0 aliphatic carbocycles. The number of anilines is 1. The number of rotatable bonds is 5. The van der Waals surface area contributed by atoms with Crippen molar-refractivity contribution in [2.45, 2.75) is 12.8 Å². The van der Waals surface area contributed by atoms with Crippen molar-refractivity contribution in [1.82, 2.24) is 10.2 Å². The highest BCUT2D eigenvalue weighted by molar-refractivity contribution is 9.10. The summed E-state index contributed by atoms with van der Waals surface area (Å²) in [6.45, 7) is 0. The summed E-state index contributed by atoms with van der Waals surface area (Å²) < 4.78 is 0.705. The van der Waals surface area contributed by atoms with Crippen LogP contribution in [0.5, 0.6) is 0 Å². The van der Waals surface area contributed by atoms with Crippen molar-refractivity contribution in [2.75, 3.05) is 19.4 Å². The molecule has 5 nitrogen and oxygen atoms in total. The fraction of sp³-hybridized carbons (Fsp3) is 0.211. The van der Waals surface area contributed by atoms with Crippen molar-refractivity contribution in [1.29, 1.82) is 0 Å². The van der Waals surface area contributed by atoms with Gasteiger partial charge in [-0.25, -0.2) is 0 Å². The van der Waals surface area contributed by atoms with E-state index in [1.165, 1.54) is 0 Å². The lowest BCUT2D eigenvalue weighted by atomic mass is 10.1. The summed E-state index contributed by atoms with van der Waals surface area (Å²) in [6, 6.07) is 14.7. The highest BCUT2D eigenvalue weighted by atomic mass is 79.9. The third kappa shape index (κ3) is 5.93. The summed E-state index contributed by atoms with van der Waals surface area (Å²) in [5.41, 5.74) is 2.34. The van der Waals surface area contributed by atoms with Gasteiger partial charge in [0.25, 0.3) is 5.91 Å². The molecule has 0 fully saturated rings. The molecule has 2 aromatic rings. The van der Waals surface area contributed by atoms with Gasteiger partial charge in [-0.05, 0) is 64.4 Å². The van der Waals surface area contributed by atoms with Gasteiger partial charge in [0.15, 0.2) is 5.11 Å². The maximum Gasteiger partial charge on any atom is 0.258 e. The van der Waals surface area contributed by atoms with Crippen molar-refractivity contribution < 1.29 is 9.59 Å². The molecule has 0 radical (unpaired) electrons. The second-order valence-electron chi connectivity index (χ2n) is 5.87. The fourth-order valence-corrected chi connectivity index (χ4v) is 2.88. The number of nitrogens with zero attached hydrogens (tertiary/aromatic N) is 1. The van der Waals surface area contributed by atoms with Crippen LogP contribution in [-0.4, -0.2) is 35.9 Å². The minimum absolute atomic E-state index is 0.100. The van der Waals surface area contributed by atoms with Crippen LogP contribution in [0.3, 0.4) is 0 Å². The van der Waals surface area contributed by atoms with Crippen LogP contribution in [0.15, 0.2) is 53.0 Å². The lowest BCUT2D eigenvalue weighted by Gasteiger charge is -2.12. The quantitative estimate of drug-likeness (QED) is 0.707. The Bertz CT molecular complexity index is 807. The number of thiocarbonyl (C=S) groups is 1. The van der Waals surface area contributed by atoms with E-state index in [0.717, 1.165) is 11.3 Å². The molecule has 2 rings (SSSR count). The molecule has 0 heterocycles. The zero-order chi connectivity index (χ0) is 19.1. The summed E-state index contributed by atoms with van der Waals surface area (Å²) in [7, 11) is 3.50. The molecule has 0 spiro atoms. The number of amides is 2. The van der Waals surface area contributed by atoms with E-state index >= 15 is 0 Å². The Morgan fingerprint density at radius 2 is 1.73 bits per heavy atom. The van der Waals surface area contributed by atoms with Crippen molar-refractivity contribution in [3.8, 4) is 0 Å². The van der Waals surface area contributed by atoms with Gasteiger partial charge in [0.1, 0.15) is 0 Å². The van der Waals surface area contributed by atoms with E-state index < -0.39 is 0 Å². The van der Waals surface area contributed by atoms with Crippen LogP contribution in [-0.2, 0) is 11.2 Å². The van der Waals surface area contributed by atoms with Crippen LogP contribution >= 0.6 is 28.1 Å². The first-order chi connectivity index (χ1) is 12.4. The molecule has 7 heteroatoms. The Morgan fingerprint density at radius 1 is 1.08 bits per heavy atom. The number of benzene rings is 2. The van der Waals surface area contributed by atoms with E-state index in [-0.39, 0.29) is 16.9 Å². The number of halogens is 1. The summed E-state index contributed by atoms with van der Waals surface area (Å²) in [6.07, 6.45) is 1.15. The molecule has 2 N–H and O–H groups in total. The molecule has 0 saturated carbocycles. The number of aryl methyl sites for hydroxylation is 1. The monoisotopic (exact) mass is 433 g/mol. The summed E-state index contributed by atoms with van der Waals surface area (Å²) in [5, 5.41) is 5.86. The van der Waals surface area contributed by atoms with Crippen molar-refractivity contribution in [3.63, 3.8) is 0 Å². The van der Waals surface area contributed by atoms with Gasteiger partial charge < -0.3 is 10.2 Å². The topological polar surface area (TPSA) is 61.4 Å². The molecule has 26 heavy (non-hydrogen) atoms. The Labute approximate surface area is 166 Å². The molecule has 0 aliphatic heterocycles. The Kier molecular flexibility index (Phi) is 7.29. The standard InChI is InChI=1S/C19H20BrN3O2S/c1-23(2)17(24)12-9-13-7-10-14(11-8-13)21-19(26)22-18(25)15-5-3-4-6-16(15)20/h3-8,10-11H,9,12H2,1-2H3,(H2,21,22,25,26). The van der Waals surface area contributed by atoms with Crippen LogP contribution < -0.4 is 10.6 Å². The lowest BCUT2D eigenvalue weighted by molar-refractivity contribution is -0.128. The molecule has 0 unspecified atom stereocenters. The zero-order valence-electron chi connectivity index (χ0n) is 14.6. The highest BCUT2D eigenvalue weighted by Crippen LogP contribution is 2.16. The first-order valence-electron chi connectivity index (χ1n) is 8.03. The molecule has 0 aliphatic rings. The van der Waals surface area contributed by atoms with Gasteiger partial charge in [-0.1, -0.05) is 24.3 Å². The third-order valence-corrected chi connectivity index (χ3v) is 4.58. The average Bonchev–Trinajstić information content (AvgIpc) is 2.60. The van der Waals surface area contributed by atoms with E-state index in [4.69, 9.17) is 12.2 Å². The predicted octanol–water partition coefficient (Wildman–Crippen LogP) is 3.60. The number of hydrogen-bond donors (Lipinski definition) is 2. The second-order valence-corrected chi connectivity index (χ2v) is 7.14. The number of hydrogen-bond acceptors (Lipinski definition) is 3. The summed E-state index contributed by atoms with van der Waals surface area (Å²) in [4.78, 5) is 25.4. The van der Waals surface area contributed by atoms with E-state index in [1.807, 2.05) is 30.3 Å². The largest absolute Gasteiger partial charge is 0.349 e. The molecule has 0 aromatic heterocycles. The molecular weight excluding hydrogens is 414 g/mol. The maximum atomic E-state index is 12.2. The molecule has 0 bridgehead atoms. The summed E-state index contributed by atoms with van der Waals surface area (Å²) >= 11 is 8.54. The van der Waals surface area contributed by atoms with Gasteiger partial charge in [-0.3, -0.25) is 14.9 Å². The van der Waals surface area contributed by atoms with Gasteiger partial charge >= 0.3 is 0 Å². The molecule has 0 saturated heterocycles. The van der Waals surface area contributed by atoms with Gasteiger partial charge in [-0.15, -0.1) is 0 Å². The minimum Gasteiger partial charge on any atom is -0.349 e. The molecule has 2 aromatic carbocycles. The zero-order valence-corrected chi connectivity index (χ0v) is 17.0. The maximum absolute atomic E-state index is 12.2. The van der Waals surface area contributed by atoms with Gasteiger partial charge in [0.05, 0.1) is 5.56 Å². The van der Waals surface area contributed by atoms with Crippen LogP contribution in [0.25, 0.3) is 0 Å². The Balaban J connectivity index is 1.88. The van der Waals surface area contributed by atoms with E-state index in [1.54, 1.807) is 37.2 Å². The highest BCUT2D eigenvalue weighted by Gasteiger charge is 2.11. The lowest BCUT2D eigenvalue weighted by Crippen LogP contribution is -2.34. The number of carbonyl (C=O) groups is 2. The number of carbonyl (C=O) groups excluding carboxylic acids is 2. The van der Waals surface area contributed by atoms with Crippen LogP contribution in [0.2, 0.25) is 0 Å². The Morgan fingerprint density at radius 3 is 2.35 bits per heavy atom. The van der Waals surface area contributed by atoms with Gasteiger partial charge in [0.2, 0.25) is 5.91 Å². The normalized spacial score (nSPS) is 10.1. The third-order valence-electron chi connectivity index (χ3n) is 3.68. The predicted molar refractivity (Wildman–Crippen MR) is 111 cm³/mol. The number of nitrogens with one attached hydrogen (secondary N) is 2. The molecule has 0 atom stereocenters. The van der Waals surface area contributed by atoms with Crippen molar-refractivity contribution in [2.24, 2.45) is 0 Å². The average molecular weight is 434 g/mol. The van der Waals surface area contributed by atoms with Crippen LogP contribution in [0, 0.1) is 0 Å². The van der Waals surface area contributed by atoms with Crippen LogP contribution in [0.4, 0.5) is 5.69 Å². The molecular formula is C19H20BrN3O2S. The van der Waals surface area contributed by atoms with E-state index in [9.17, 15) is 9.59 Å². The molecule has 2 amide bonds. The smallest absolute Gasteiger partial charge is 0.258 e. The van der Waals surface area contributed by atoms with Gasteiger partial charge in [0, 0.05) is 30.7 Å². The Hall–Kier alpha value is -2.25. The fourth-order valence-electron chi connectivity index (χ4n) is 2.21. The summed E-state index contributed by atoms with van der Waals surface area (Å²) in [5.74, 6) is -0.183. The molecule has 136 valence electrons. The second kappa shape index (κ2) is 9.45. The van der Waals surface area contributed by atoms with E-state index in [2.05, 4.69) is 26.6 Å². The SMILES string of the molecule is CN(C)C(=O)CCc1ccc(NC(=S)NC(=O)c2ccccc2Br)cc1. The minimum atomic E-state index is -0.284. The first kappa shape index (κ1) is 20.1. The van der Waals surface area contributed by atoms with Gasteiger partial charge in [-0.2, -0.15) is 0 Å². The van der Waals surface area contributed by atoms with E-state index in [0.29, 0.717) is 22.9 Å².